The predicted molar refractivity (Wildman–Crippen MR) is 63.8 cm³/mol. The molecule has 0 aliphatic heterocycles. The summed E-state index contributed by atoms with van der Waals surface area (Å²) in [6, 6.07) is -0.772. The molecule has 1 N–H and O–H groups in total. The average molecular weight is 348 g/mol. The van der Waals surface area contributed by atoms with Crippen molar-refractivity contribution in [2.75, 3.05) is 6.26 Å². The van der Waals surface area contributed by atoms with Gasteiger partial charge in [-0.1, -0.05) is 0 Å². The van der Waals surface area contributed by atoms with Crippen molar-refractivity contribution in [1.29, 1.82) is 0 Å². The average Bonchev–Trinajstić information content (AvgIpc) is 2.07. The van der Waals surface area contributed by atoms with Crippen LogP contribution in [-0.4, -0.2) is 49.7 Å². The maximum Gasteiger partial charge on any atom is 1.00 e. The molecular formula is C7H12Cl2NNaO5S2. The van der Waals surface area contributed by atoms with Crippen molar-refractivity contribution in [3.63, 3.8) is 0 Å². The van der Waals surface area contributed by atoms with E-state index >= 15 is 0 Å². The summed E-state index contributed by atoms with van der Waals surface area (Å²) in [5.74, 6) is 0. The molecule has 11 heteroatoms. The molecule has 0 radical (unpaired) electrons. The Morgan fingerprint density at radius 3 is 1.78 bits per heavy atom. The minimum Gasteiger partial charge on any atom is -0.748 e. The molecule has 1 fully saturated rings. The van der Waals surface area contributed by atoms with Crippen LogP contribution in [0, 0.1) is 0 Å². The Morgan fingerprint density at radius 1 is 1.11 bits per heavy atom. The number of rotatable bonds is 3. The molecular weight excluding hydrogens is 336 g/mol. The first-order valence-electron chi connectivity index (χ1n) is 4.71. The number of hydrogen-bond donors (Lipinski definition) is 1. The van der Waals surface area contributed by atoms with Crippen molar-refractivity contribution in [3.8, 4) is 0 Å². The van der Waals surface area contributed by atoms with Crippen LogP contribution >= 0.6 is 23.2 Å². The first-order valence-corrected chi connectivity index (χ1v) is 8.94. The van der Waals surface area contributed by atoms with Gasteiger partial charge >= 0.3 is 29.6 Å². The first-order chi connectivity index (χ1) is 7.50. The molecule has 0 heterocycles. The molecule has 1 rings (SSSR count). The molecule has 1 aliphatic carbocycles. The standard InChI is InChI=1S/C7H13Cl2NO5S2.Na/c1-16(11,12)10-7-5(8)2-4(3-6(7)9)17(13,14)15;/h4-7,10H,2-3H2,1H3,(H,13,14,15);/q;+1/p-1. The van der Waals surface area contributed by atoms with Crippen LogP contribution in [0.3, 0.4) is 0 Å². The summed E-state index contributed by atoms with van der Waals surface area (Å²) in [5.41, 5.74) is 0. The van der Waals surface area contributed by atoms with Crippen LogP contribution in [0.4, 0.5) is 0 Å². The third-order valence-corrected chi connectivity index (χ3v) is 5.31. The molecule has 0 saturated heterocycles. The summed E-state index contributed by atoms with van der Waals surface area (Å²) in [4.78, 5) is 0. The molecule has 0 bridgehead atoms. The fourth-order valence-corrected chi connectivity index (χ4v) is 4.80. The normalized spacial score (nSPS) is 33.8. The van der Waals surface area contributed by atoms with E-state index < -0.39 is 42.2 Å². The Bertz CT molecular complexity index is 470. The van der Waals surface area contributed by atoms with Gasteiger partial charge in [-0.15, -0.1) is 23.2 Å². The van der Waals surface area contributed by atoms with Gasteiger partial charge in [-0.2, -0.15) is 0 Å². The fourth-order valence-electron chi connectivity index (χ4n) is 1.75. The molecule has 0 spiro atoms. The number of nitrogens with one attached hydrogen (secondary N) is 1. The maximum atomic E-state index is 11.1. The van der Waals surface area contributed by atoms with Gasteiger partial charge < -0.3 is 4.55 Å². The minimum atomic E-state index is -4.45. The monoisotopic (exact) mass is 347 g/mol. The van der Waals surface area contributed by atoms with Gasteiger partial charge in [0.1, 0.15) is 0 Å². The zero-order valence-electron chi connectivity index (χ0n) is 9.84. The second kappa shape index (κ2) is 6.91. The molecule has 18 heavy (non-hydrogen) atoms. The molecule has 6 nitrogen and oxygen atoms in total. The summed E-state index contributed by atoms with van der Waals surface area (Å²) < 4.78 is 56.9. The largest absolute Gasteiger partial charge is 1.00 e. The van der Waals surface area contributed by atoms with Gasteiger partial charge in [0.05, 0.1) is 38.4 Å². The van der Waals surface area contributed by atoms with Crippen molar-refractivity contribution < 1.29 is 50.9 Å². The fraction of sp³-hybridized carbons (Fsp3) is 1.00. The van der Waals surface area contributed by atoms with Crippen LogP contribution in [0.25, 0.3) is 0 Å². The summed E-state index contributed by atoms with van der Waals surface area (Å²) in [7, 11) is -7.94. The van der Waals surface area contributed by atoms with E-state index in [0.29, 0.717) is 0 Å². The van der Waals surface area contributed by atoms with Crippen LogP contribution < -0.4 is 34.3 Å². The van der Waals surface area contributed by atoms with Crippen molar-refractivity contribution in [3.05, 3.63) is 0 Å². The van der Waals surface area contributed by atoms with E-state index in [9.17, 15) is 21.4 Å². The number of alkyl halides is 2. The molecule has 2 atom stereocenters. The zero-order valence-corrected chi connectivity index (χ0v) is 15.0. The third kappa shape index (κ3) is 5.80. The molecule has 0 aromatic heterocycles. The quantitative estimate of drug-likeness (QED) is 0.329. The summed E-state index contributed by atoms with van der Waals surface area (Å²) in [5, 5.41) is -2.81. The van der Waals surface area contributed by atoms with E-state index in [0.717, 1.165) is 6.26 Å². The molecule has 102 valence electrons. The SMILES string of the molecule is CS(=O)(=O)NC1C(Cl)CC(S(=O)(=O)[O-])CC1Cl.[Na+]. The van der Waals surface area contributed by atoms with Gasteiger partial charge in [0, 0.05) is 0 Å². The van der Waals surface area contributed by atoms with Crippen molar-refractivity contribution in [2.45, 2.75) is 34.9 Å². The van der Waals surface area contributed by atoms with Crippen molar-refractivity contribution in [2.24, 2.45) is 0 Å². The maximum absolute atomic E-state index is 11.1. The van der Waals surface area contributed by atoms with Gasteiger partial charge in [0.15, 0.2) is 0 Å². The summed E-state index contributed by atoms with van der Waals surface area (Å²) in [6.07, 6.45) is 0.740. The van der Waals surface area contributed by atoms with E-state index in [2.05, 4.69) is 4.72 Å². The van der Waals surface area contributed by atoms with Crippen LogP contribution in [0.2, 0.25) is 0 Å². The van der Waals surface area contributed by atoms with Crippen LogP contribution in [0.15, 0.2) is 0 Å². The topological polar surface area (TPSA) is 103 Å². The predicted octanol–water partition coefficient (Wildman–Crippen LogP) is -3.17. The smallest absolute Gasteiger partial charge is 0.748 e. The number of halogens is 2. The van der Waals surface area contributed by atoms with Gasteiger partial charge in [0.2, 0.25) is 10.0 Å². The molecule has 0 aromatic rings. The van der Waals surface area contributed by atoms with Crippen molar-refractivity contribution >= 4 is 43.3 Å². The second-order valence-electron chi connectivity index (χ2n) is 4.03. The molecule has 0 amide bonds. The van der Waals surface area contributed by atoms with E-state index in [1.165, 1.54) is 0 Å². The Hall–Kier alpha value is 1.40. The van der Waals surface area contributed by atoms with Gasteiger partial charge in [-0.05, 0) is 12.8 Å². The summed E-state index contributed by atoms with van der Waals surface area (Å²) in [6.45, 7) is 0. The van der Waals surface area contributed by atoms with Gasteiger partial charge in [-0.3, -0.25) is 0 Å². The Morgan fingerprint density at radius 2 is 1.50 bits per heavy atom. The second-order valence-corrected chi connectivity index (χ2v) is 8.59. The molecule has 2 unspecified atom stereocenters. The number of sulfonamides is 1. The Balaban J connectivity index is 0.00000289. The number of hydrogen-bond acceptors (Lipinski definition) is 5. The van der Waals surface area contributed by atoms with E-state index in [4.69, 9.17) is 23.2 Å². The van der Waals surface area contributed by atoms with Gasteiger partial charge in [-0.25, -0.2) is 21.6 Å². The van der Waals surface area contributed by atoms with E-state index in [1.807, 2.05) is 0 Å². The molecule has 0 aromatic carbocycles. The van der Waals surface area contributed by atoms with Gasteiger partial charge in [0.25, 0.3) is 0 Å². The molecule has 1 saturated carbocycles. The van der Waals surface area contributed by atoms with Crippen molar-refractivity contribution in [1.82, 2.24) is 4.72 Å². The summed E-state index contributed by atoms with van der Waals surface area (Å²) >= 11 is 11.7. The Labute approximate surface area is 139 Å². The minimum absolute atomic E-state index is 0. The van der Waals surface area contributed by atoms with Crippen LogP contribution in [-0.2, 0) is 20.1 Å². The third-order valence-electron chi connectivity index (χ3n) is 2.51. The zero-order chi connectivity index (χ0) is 13.4. The van der Waals surface area contributed by atoms with E-state index in [-0.39, 0.29) is 42.4 Å². The first kappa shape index (κ1) is 19.4. The van der Waals surface area contributed by atoms with Crippen LogP contribution in [0.1, 0.15) is 12.8 Å². The molecule has 1 aliphatic rings. The Kier molecular flexibility index (Phi) is 7.44. The van der Waals surface area contributed by atoms with E-state index in [1.54, 1.807) is 0 Å². The van der Waals surface area contributed by atoms with Crippen LogP contribution in [0.5, 0.6) is 0 Å².